The van der Waals surface area contributed by atoms with Gasteiger partial charge >= 0.3 is 0 Å². The number of carbonyl (C=O) groups excluding carboxylic acids is 1. The normalized spacial score (nSPS) is 12.3. The molecule has 0 aliphatic heterocycles. The molecule has 0 aliphatic carbocycles. The van der Waals surface area contributed by atoms with E-state index in [0.29, 0.717) is 28.6 Å². The smallest absolute Gasteiger partial charge is 0.185 e. The highest BCUT2D eigenvalue weighted by atomic mass is 35.5. The number of carbonyl (C=O) groups is 1. The van der Waals surface area contributed by atoms with Crippen LogP contribution in [0.1, 0.15) is 21.9 Å². The highest BCUT2D eigenvalue weighted by Crippen LogP contribution is 2.14. The lowest BCUT2D eigenvalue weighted by Crippen LogP contribution is -1.98. The molecular weight excluding hydrogens is 272 g/mol. The number of aldehydes is 1. The van der Waals surface area contributed by atoms with E-state index in [1.54, 1.807) is 24.3 Å². The largest absolute Gasteiger partial charge is 0.457 e. The molecule has 0 spiro atoms. The minimum absolute atomic E-state index is 0.258. The average molecular weight is 283 g/mol. The van der Waals surface area contributed by atoms with Crippen LogP contribution in [0.25, 0.3) is 0 Å². The summed E-state index contributed by atoms with van der Waals surface area (Å²) in [6, 6.07) is 10.5. The fraction of sp³-hybridized carbons (Fsp3) is 0.154. The molecule has 0 saturated carbocycles. The van der Waals surface area contributed by atoms with E-state index < -0.39 is 10.8 Å². The molecule has 1 heterocycles. The van der Waals surface area contributed by atoms with Gasteiger partial charge in [-0.15, -0.1) is 0 Å². The highest BCUT2D eigenvalue weighted by molar-refractivity contribution is 7.83. The van der Waals surface area contributed by atoms with Gasteiger partial charge in [0, 0.05) is 21.6 Å². The van der Waals surface area contributed by atoms with Gasteiger partial charge < -0.3 is 4.42 Å². The number of hydrogen-bond acceptors (Lipinski definition) is 3. The van der Waals surface area contributed by atoms with E-state index in [1.807, 2.05) is 12.1 Å². The van der Waals surface area contributed by atoms with E-state index in [9.17, 15) is 9.00 Å². The molecule has 0 amide bonds. The van der Waals surface area contributed by atoms with Crippen LogP contribution in [-0.2, 0) is 22.3 Å². The predicted molar refractivity (Wildman–Crippen MR) is 71.1 cm³/mol. The molecule has 0 fully saturated rings. The molecule has 0 bridgehead atoms. The van der Waals surface area contributed by atoms with Crippen molar-refractivity contribution in [2.75, 3.05) is 0 Å². The number of halogens is 1. The summed E-state index contributed by atoms with van der Waals surface area (Å²) in [6.07, 6.45) is 0.631. The van der Waals surface area contributed by atoms with Gasteiger partial charge in [0.05, 0.1) is 5.75 Å². The Morgan fingerprint density at radius 3 is 2.44 bits per heavy atom. The summed E-state index contributed by atoms with van der Waals surface area (Å²) in [6.45, 7) is 0. The van der Waals surface area contributed by atoms with Crippen molar-refractivity contribution < 1.29 is 13.4 Å². The quantitative estimate of drug-likeness (QED) is 0.791. The third-order valence-electron chi connectivity index (χ3n) is 2.34. The van der Waals surface area contributed by atoms with Crippen LogP contribution in [0.2, 0.25) is 5.02 Å². The molecule has 1 unspecified atom stereocenters. The van der Waals surface area contributed by atoms with Gasteiger partial charge in [-0.1, -0.05) is 23.7 Å². The molecule has 0 aliphatic rings. The first kappa shape index (κ1) is 13.1. The monoisotopic (exact) mass is 282 g/mol. The van der Waals surface area contributed by atoms with Crippen molar-refractivity contribution in [2.45, 2.75) is 11.5 Å². The second-order valence-electron chi connectivity index (χ2n) is 3.78. The Hall–Kier alpha value is -1.39. The van der Waals surface area contributed by atoms with Crippen LogP contribution < -0.4 is 0 Å². The van der Waals surface area contributed by atoms with Crippen LogP contribution in [-0.4, -0.2) is 10.5 Å². The third-order valence-corrected chi connectivity index (χ3v) is 3.86. The van der Waals surface area contributed by atoms with Gasteiger partial charge in [0.15, 0.2) is 12.0 Å². The molecule has 0 saturated heterocycles. The van der Waals surface area contributed by atoms with Gasteiger partial charge in [0.25, 0.3) is 0 Å². The highest BCUT2D eigenvalue weighted by Gasteiger charge is 2.07. The average Bonchev–Trinajstić information content (AvgIpc) is 2.79. The minimum Gasteiger partial charge on any atom is -0.457 e. The van der Waals surface area contributed by atoms with Crippen molar-refractivity contribution in [3.63, 3.8) is 0 Å². The third kappa shape index (κ3) is 3.55. The summed E-state index contributed by atoms with van der Waals surface area (Å²) in [4.78, 5) is 10.4. The maximum absolute atomic E-state index is 11.9. The van der Waals surface area contributed by atoms with E-state index in [0.717, 1.165) is 5.56 Å². The molecule has 1 atom stereocenters. The van der Waals surface area contributed by atoms with Crippen molar-refractivity contribution in [1.29, 1.82) is 0 Å². The molecule has 3 nitrogen and oxygen atoms in total. The molecule has 94 valence electrons. The Morgan fingerprint density at radius 1 is 1.11 bits per heavy atom. The molecule has 0 N–H and O–H groups in total. The number of benzene rings is 1. The predicted octanol–water partition coefficient (Wildman–Crippen LogP) is 3.19. The maximum Gasteiger partial charge on any atom is 0.185 e. The molecule has 2 rings (SSSR count). The van der Waals surface area contributed by atoms with Crippen LogP contribution in [0.3, 0.4) is 0 Å². The maximum atomic E-state index is 11.9. The first-order valence-electron chi connectivity index (χ1n) is 5.30. The summed E-state index contributed by atoms with van der Waals surface area (Å²) >= 11 is 5.77. The van der Waals surface area contributed by atoms with Crippen molar-refractivity contribution >= 4 is 28.7 Å². The van der Waals surface area contributed by atoms with Gasteiger partial charge in [-0.2, -0.15) is 0 Å². The van der Waals surface area contributed by atoms with Gasteiger partial charge in [-0.05, 0) is 29.8 Å². The number of hydrogen-bond donors (Lipinski definition) is 0. The molecule has 1 aromatic carbocycles. The molecule has 18 heavy (non-hydrogen) atoms. The van der Waals surface area contributed by atoms with Crippen LogP contribution in [0, 0.1) is 0 Å². The molecule has 5 heteroatoms. The fourth-order valence-corrected chi connectivity index (χ4v) is 2.78. The van der Waals surface area contributed by atoms with Crippen LogP contribution >= 0.6 is 11.6 Å². The zero-order chi connectivity index (χ0) is 13.0. The second-order valence-corrected chi connectivity index (χ2v) is 5.67. The Bertz CT molecular complexity index is 560. The zero-order valence-electron chi connectivity index (χ0n) is 9.47. The second kappa shape index (κ2) is 5.98. The Kier molecular flexibility index (Phi) is 4.33. The molecule has 0 radical (unpaired) electrons. The number of furan rings is 1. The molecular formula is C13H11ClO3S. The summed E-state index contributed by atoms with van der Waals surface area (Å²) in [5.74, 6) is 1.56. The summed E-state index contributed by atoms with van der Waals surface area (Å²) < 4.78 is 17.1. The molecule has 1 aromatic heterocycles. The van der Waals surface area contributed by atoms with Crippen LogP contribution in [0.4, 0.5) is 0 Å². The van der Waals surface area contributed by atoms with Gasteiger partial charge in [-0.3, -0.25) is 9.00 Å². The Labute approximate surface area is 112 Å². The van der Waals surface area contributed by atoms with E-state index in [-0.39, 0.29) is 5.76 Å². The van der Waals surface area contributed by atoms with Gasteiger partial charge in [0.1, 0.15) is 5.76 Å². The summed E-state index contributed by atoms with van der Waals surface area (Å²) in [5.41, 5.74) is 0.958. The Morgan fingerprint density at radius 2 is 1.83 bits per heavy atom. The van der Waals surface area contributed by atoms with Gasteiger partial charge in [-0.25, -0.2) is 0 Å². The lowest BCUT2D eigenvalue weighted by molar-refractivity contribution is 0.109. The lowest BCUT2D eigenvalue weighted by atomic mass is 10.2. The molecule has 2 aromatic rings. The SMILES string of the molecule is O=Cc1ccc(CS(=O)Cc2ccc(Cl)cc2)o1. The van der Waals surface area contributed by atoms with E-state index in [4.69, 9.17) is 16.0 Å². The van der Waals surface area contributed by atoms with Crippen LogP contribution in [0.5, 0.6) is 0 Å². The van der Waals surface area contributed by atoms with Crippen LogP contribution in [0.15, 0.2) is 40.8 Å². The standard InChI is InChI=1S/C13H11ClO3S/c14-11-3-1-10(2-4-11)8-18(16)9-13-6-5-12(7-15)17-13/h1-7H,8-9H2. The zero-order valence-corrected chi connectivity index (χ0v) is 11.0. The summed E-state index contributed by atoms with van der Waals surface area (Å²) in [7, 11) is -1.07. The minimum atomic E-state index is -1.07. The number of rotatable bonds is 5. The Balaban J connectivity index is 1.96. The van der Waals surface area contributed by atoms with Crippen molar-refractivity contribution in [3.8, 4) is 0 Å². The van der Waals surface area contributed by atoms with E-state index in [2.05, 4.69) is 0 Å². The first-order chi connectivity index (χ1) is 8.67. The lowest BCUT2D eigenvalue weighted by Gasteiger charge is -2.01. The van der Waals surface area contributed by atoms with Crippen molar-refractivity contribution in [3.05, 3.63) is 58.5 Å². The van der Waals surface area contributed by atoms with Crippen molar-refractivity contribution in [2.24, 2.45) is 0 Å². The topological polar surface area (TPSA) is 47.3 Å². The first-order valence-corrected chi connectivity index (χ1v) is 7.17. The summed E-state index contributed by atoms with van der Waals surface area (Å²) in [5, 5.41) is 0.659. The van der Waals surface area contributed by atoms with Crippen molar-refractivity contribution in [1.82, 2.24) is 0 Å². The van der Waals surface area contributed by atoms with E-state index >= 15 is 0 Å². The van der Waals surface area contributed by atoms with Gasteiger partial charge in [0.2, 0.25) is 0 Å². The fourth-order valence-electron chi connectivity index (χ4n) is 1.51. The van der Waals surface area contributed by atoms with E-state index in [1.165, 1.54) is 0 Å².